The molecule has 7 nitrogen and oxygen atoms in total. The second-order valence-electron chi connectivity index (χ2n) is 14.8. The summed E-state index contributed by atoms with van der Waals surface area (Å²) in [7, 11) is 0. The first kappa shape index (κ1) is 34.1. The number of pyridine rings is 1. The van der Waals surface area contributed by atoms with Gasteiger partial charge in [-0.1, -0.05) is 140 Å². The van der Waals surface area contributed by atoms with Crippen molar-refractivity contribution < 1.29 is 0 Å². The van der Waals surface area contributed by atoms with E-state index in [1.165, 1.54) is 16.2 Å². The third kappa shape index (κ3) is 5.81. The lowest BCUT2D eigenvalue weighted by atomic mass is 10.0. The number of fused-ring (bicyclic) bond motifs is 7. The number of benzene rings is 7. The van der Waals surface area contributed by atoms with Crippen LogP contribution in [-0.4, -0.2) is 34.5 Å². The standard InChI is InChI=1S/C52H31N7S/c1-2-12-34(13-3-1)49-56-50(58-51(57-49)37-15-10-16-40(28-37)59-44-19-8-6-17-41(44)42-18-7-9-20-45(42)59)35-24-21-33(22-25-35)39-29-43-47-46(60-52(43)54-30-39)31-53-48(55-47)38-26-23-32-11-4-5-14-36(32)27-38/h1-31H. The molecule has 0 aliphatic carbocycles. The number of hydrogen-bond donors (Lipinski definition) is 0. The summed E-state index contributed by atoms with van der Waals surface area (Å²) in [6.07, 6.45) is 3.85. The van der Waals surface area contributed by atoms with E-state index >= 15 is 0 Å². The van der Waals surface area contributed by atoms with Crippen molar-refractivity contribution in [1.82, 2.24) is 34.5 Å². The van der Waals surface area contributed by atoms with Crippen molar-refractivity contribution in [1.29, 1.82) is 0 Å². The zero-order valence-electron chi connectivity index (χ0n) is 31.9. The summed E-state index contributed by atoms with van der Waals surface area (Å²) in [5, 5.41) is 5.80. The van der Waals surface area contributed by atoms with Gasteiger partial charge in [-0.25, -0.2) is 29.9 Å². The smallest absolute Gasteiger partial charge is 0.164 e. The van der Waals surface area contributed by atoms with Crippen LogP contribution in [0.15, 0.2) is 188 Å². The van der Waals surface area contributed by atoms with Crippen LogP contribution in [0.4, 0.5) is 0 Å². The van der Waals surface area contributed by atoms with Crippen molar-refractivity contribution in [2.75, 3.05) is 0 Å². The highest BCUT2D eigenvalue weighted by atomic mass is 32.1. The Balaban J connectivity index is 0.921. The number of para-hydroxylation sites is 2. The van der Waals surface area contributed by atoms with Crippen LogP contribution >= 0.6 is 11.3 Å². The van der Waals surface area contributed by atoms with Gasteiger partial charge in [-0.05, 0) is 52.7 Å². The quantitative estimate of drug-likeness (QED) is 0.167. The normalized spacial score (nSPS) is 11.7. The highest BCUT2D eigenvalue weighted by Gasteiger charge is 2.17. The molecule has 0 spiro atoms. The third-order valence-electron chi connectivity index (χ3n) is 11.2. The van der Waals surface area contributed by atoms with Crippen LogP contribution in [0.3, 0.4) is 0 Å². The largest absolute Gasteiger partial charge is 0.309 e. The van der Waals surface area contributed by atoms with E-state index in [9.17, 15) is 0 Å². The molecular weight excluding hydrogens is 755 g/mol. The molecule has 0 N–H and O–H groups in total. The zero-order chi connectivity index (χ0) is 39.6. The molecule has 5 aromatic heterocycles. The molecule has 0 aliphatic heterocycles. The summed E-state index contributed by atoms with van der Waals surface area (Å²) < 4.78 is 3.32. The van der Waals surface area contributed by atoms with Crippen molar-refractivity contribution in [2.24, 2.45) is 0 Å². The molecule has 8 heteroatoms. The molecule has 5 heterocycles. The summed E-state index contributed by atoms with van der Waals surface area (Å²) in [5.41, 5.74) is 9.99. The Morgan fingerprint density at radius 3 is 1.73 bits per heavy atom. The molecule has 0 atom stereocenters. The highest BCUT2D eigenvalue weighted by Crippen LogP contribution is 2.37. The van der Waals surface area contributed by atoms with E-state index in [2.05, 4.69) is 150 Å². The Morgan fingerprint density at radius 2 is 0.967 bits per heavy atom. The van der Waals surface area contributed by atoms with Crippen LogP contribution in [-0.2, 0) is 0 Å². The fraction of sp³-hybridized carbons (Fsp3) is 0. The molecule has 0 amide bonds. The lowest BCUT2D eigenvalue weighted by Gasteiger charge is -2.12. The molecule has 12 aromatic rings. The predicted molar refractivity (Wildman–Crippen MR) is 245 cm³/mol. The lowest BCUT2D eigenvalue weighted by molar-refractivity contribution is 1.07. The number of thiophene rings is 1. The van der Waals surface area contributed by atoms with Crippen LogP contribution in [0.1, 0.15) is 0 Å². The maximum absolute atomic E-state index is 5.11. The minimum absolute atomic E-state index is 0.600. The Hall–Kier alpha value is -7.94. The van der Waals surface area contributed by atoms with Crippen molar-refractivity contribution in [3.63, 3.8) is 0 Å². The summed E-state index contributed by atoms with van der Waals surface area (Å²) in [5.74, 6) is 2.52. The number of hydrogen-bond acceptors (Lipinski definition) is 7. The third-order valence-corrected chi connectivity index (χ3v) is 12.2. The predicted octanol–water partition coefficient (Wildman–Crippen LogP) is 13.0. The monoisotopic (exact) mass is 785 g/mol. The van der Waals surface area contributed by atoms with Crippen molar-refractivity contribution in [3.05, 3.63) is 188 Å². The van der Waals surface area contributed by atoms with Gasteiger partial charge in [0.1, 0.15) is 4.83 Å². The van der Waals surface area contributed by atoms with Crippen LogP contribution < -0.4 is 0 Å². The molecule has 0 aliphatic rings. The SMILES string of the molecule is c1ccc(-c2nc(-c3ccc(-c4cnc5sc6cnc(-c7ccc8ccccc8c7)nc6c5c4)cc3)nc(-c3cccc(-n4c5ccccc5c5ccccc54)c3)n2)cc1. The average molecular weight is 786 g/mol. The van der Waals surface area contributed by atoms with E-state index in [1.807, 2.05) is 42.7 Å². The molecule has 0 bridgehead atoms. The number of rotatable bonds is 6. The molecule has 0 fully saturated rings. The molecule has 0 unspecified atom stereocenters. The van der Waals surface area contributed by atoms with Gasteiger partial charge in [-0.2, -0.15) is 0 Å². The molecule has 280 valence electrons. The fourth-order valence-corrected chi connectivity index (χ4v) is 9.16. The lowest BCUT2D eigenvalue weighted by Crippen LogP contribution is -2.01. The maximum atomic E-state index is 5.11. The van der Waals surface area contributed by atoms with Crippen molar-refractivity contribution in [3.8, 4) is 62.4 Å². The minimum Gasteiger partial charge on any atom is -0.309 e. The Labute approximate surface area is 348 Å². The molecule has 7 aromatic carbocycles. The van der Waals surface area contributed by atoms with Crippen LogP contribution in [0.5, 0.6) is 0 Å². The summed E-state index contributed by atoms with van der Waals surface area (Å²) in [6, 6.07) is 60.9. The average Bonchev–Trinajstić information content (AvgIpc) is 3.87. The zero-order valence-corrected chi connectivity index (χ0v) is 32.8. The summed E-state index contributed by atoms with van der Waals surface area (Å²) in [4.78, 5) is 30.8. The first-order valence-electron chi connectivity index (χ1n) is 19.8. The molecule has 0 saturated carbocycles. The van der Waals surface area contributed by atoms with Gasteiger partial charge < -0.3 is 4.57 Å². The topological polar surface area (TPSA) is 82.3 Å². The Bertz CT molecular complexity index is 3560. The van der Waals surface area contributed by atoms with Gasteiger partial charge in [0.25, 0.3) is 0 Å². The molecule has 0 saturated heterocycles. The number of aromatic nitrogens is 7. The molecule has 60 heavy (non-hydrogen) atoms. The van der Waals surface area contributed by atoms with Crippen LogP contribution in [0.25, 0.3) is 115 Å². The van der Waals surface area contributed by atoms with Gasteiger partial charge in [0, 0.05) is 62.1 Å². The van der Waals surface area contributed by atoms with E-state index in [-0.39, 0.29) is 0 Å². The molecule has 0 radical (unpaired) electrons. The van der Waals surface area contributed by atoms with Gasteiger partial charge in [-0.3, -0.25) is 0 Å². The van der Waals surface area contributed by atoms with E-state index < -0.39 is 0 Å². The van der Waals surface area contributed by atoms with Gasteiger partial charge >= 0.3 is 0 Å². The fourth-order valence-electron chi connectivity index (χ4n) is 8.22. The first-order chi connectivity index (χ1) is 29.7. The second-order valence-corrected chi connectivity index (χ2v) is 15.8. The second kappa shape index (κ2) is 13.9. The molecular formula is C52H31N7S. The highest BCUT2D eigenvalue weighted by molar-refractivity contribution is 7.25. The van der Waals surface area contributed by atoms with Gasteiger partial charge in [0.15, 0.2) is 23.3 Å². The van der Waals surface area contributed by atoms with Gasteiger partial charge in [-0.15, -0.1) is 11.3 Å². The van der Waals surface area contributed by atoms with Crippen molar-refractivity contribution >= 4 is 64.3 Å². The van der Waals surface area contributed by atoms with E-state index in [1.54, 1.807) is 11.3 Å². The van der Waals surface area contributed by atoms with Gasteiger partial charge in [0.2, 0.25) is 0 Å². The Morgan fingerprint density at radius 1 is 0.367 bits per heavy atom. The molecule has 12 rings (SSSR count). The maximum Gasteiger partial charge on any atom is 0.164 e. The van der Waals surface area contributed by atoms with E-state index in [4.69, 9.17) is 29.9 Å². The Kier molecular flexibility index (Phi) is 7.89. The van der Waals surface area contributed by atoms with Crippen LogP contribution in [0.2, 0.25) is 0 Å². The number of nitrogens with zero attached hydrogens (tertiary/aromatic N) is 7. The minimum atomic E-state index is 0.600. The van der Waals surface area contributed by atoms with E-state index in [0.717, 1.165) is 75.9 Å². The van der Waals surface area contributed by atoms with E-state index in [0.29, 0.717) is 23.3 Å². The summed E-state index contributed by atoms with van der Waals surface area (Å²) in [6.45, 7) is 0. The summed E-state index contributed by atoms with van der Waals surface area (Å²) >= 11 is 1.61. The first-order valence-corrected chi connectivity index (χ1v) is 20.6. The van der Waals surface area contributed by atoms with Crippen molar-refractivity contribution in [2.45, 2.75) is 0 Å². The van der Waals surface area contributed by atoms with Crippen LogP contribution in [0, 0.1) is 0 Å². The van der Waals surface area contributed by atoms with Gasteiger partial charge in [0.05, 0.1) is 21.3 Å².